The van der Waals surface area contributed by atoms with Gasteiger partial charge in [-0.15, -0.1) is 0 Å². The van der Waals surface area contributed by atoms with Crippen molar-refractivity contribution >= 4 is 6.09 Å². The van der Waals surface area contributed by atoms with Crippen LogP contribution in [0, 0.1) is 11.8 Å². The molecule has 0 heterocycles. The molecular formula is C10H21NO3. The van der Waals surface area contributed by atoms with Crippen LogP contribution in [0.25, 0.3) is 0 Å². The Kier molecular flexibility index (Phi) is 6.28. The molecule has 1 atom stereocenters. The third-order valence-electron chi connectivity index (χ3n) is 1.85. The summed E-state index contributed by atoms with van der Waals surface area (Å²) in [7, 11) is 0. The highest BCUT2D eigenvalue weighted by Gasteiger charge is 2.15. The van der Waals surface area contributed by atoms with Gasteiger partial charge in [0.2, 0.25) is 0 Å². The molecule has 0 saturated carbocycles. The van der Waals surface area contributed by atoms with E-state index in [1.54, 1.807) is 0 Å². The van der Waals surface area contributed by atoms with Gasteiger partial charge in [0, 0.05) is 0 Å². The van der Waals surface area contributed by atoms with Crippen LogP contribution in [0.2, 0.25) is 0 Å². The molecule has 0 rings (SSSR count). The molecule has 4 nitrogen and oxygen atoms in total. The fourth-order valence-corrected chi connectivity index (χ4v) is 0.859. The first-order chi connectivity index (χ1) is 6.47. The molecule has 84 valence electrons. The van der Waals surface area contributed by atoms with Gasteiger partial charge in [0.15, 0.2) is 0 Å². The Hall–Kier alpha value is -0.770. The molecule has 0 unspecified atom stereocenters. The summed E-state index contributed by atoms with van der Waals surface area (Å²) in [6, 6.07) is -0.227. The summed E-state index contributed by atoms with van der Waals surface area (Å²) >= 11 is 0. The van der Waals surface area contributed by atoms with Crippen molar-refractivity contribution in [2.24, 2.45) is 11.8 Å². The lowest BCUT2D eigenvalue weighted by Crippen LogP contribution is -2.41. The number of amides is 1. The van der Waals surface area contributed by atoms with Crippen molar-refractivity contribution in [2.75, 3.05) is 13.2 Å². The van der Waals surface area contributed by atoms with Gasteiger partial charge in [-0.3, -0.25) is 0 Å². The number of aliphatic hydroxyl groups is 1. The minimum atomic E-state index is -0.452. The lowest BCUT2D eigenvalue weighted by Gasteiger charge is -2.19. The number of aliphatic hydroxyl groups excluding tert-OH is 1. The third kappa shape index (κ3) is 5.80. The molecule has 1 amide bonds. The number of alkyl carbamates (subject to hydrolysis) is 1. The van der Waals surface area contributed by atoms with E-state index in [-0.39, 0.29) is 18.6 Å². The number of carbonyl (C=O) groups excluding carboxylic acids is 1. The molecule has 0 aliphatic rings. The van der Waals surface area contributed by atoms with Gasteiger partial charge in [0.1, 0.15) is 0 Å². The second-order valence-electron chi connectivity index (χ2n) is 4.17. The maximum absolute atomic E-state index is 11.2. The second-order valence-corrected chi connectivity index (χ2v) is 4.17. The van der Waals surface area contributed by atoms with Gasteiger partial charge in [-0.2, -0.15) is 0 Å². The number of nitrogens with one attached hydrogen (secondary N) is 1. The quantitative estimate of drug-likeness (QED) is 0.709. The average Bonchev–Trinajstić information content (AvgIpc) is 2.10. The normalized spacial score (nSPS) is 13.1. The minimum Gasteiger partial charge on any atom is -0.449 e. The minimum absolute atomic E-state index is 0.0611. The summed E-state index contributed by atoms with van der Waals surface area (Å²) in [5.74, 6) is 0.527. The number of carbonyl (C=O) groups is 1. The van der Waals surface area contributed by atoms with Gasteiger partial charge in [-0.25, -0.2) is 4.79 Å². The molecule has 0 spiro atoms. The van der Waals surface area contributed by atoms with Crippen LogP contribution in [0.5, 0.6) is 0 Å². The highest BCUT2D eigenvalue weighted by atomic mass is 16.5. The second kappa shape index (κ2) is 6.65. The molecule has 0 bridgehead atoms. The van der Waals surface area contributed by atoms with Gasteiger partial charge in [0.05, 0.1) is 19.3 Å². The van der Waals surface area contributed by atoms with Crippen LogP contribution in [0.3, 0.4) is 0 Å². The molecule has 0 aromatic rings. The van der Waals surface area contributed by atoms with Crippen LogP contribution in [-0.2, 0) is 4.74 Å². The first-order valence-electron chi connectivity index (χ1n) is 5.01. The summed E-state index contributed by atoms with van der Waals surface area (Å²) in [6.07, 6.45) is -0.452. The topological polar surface area (TPSA) is 58.6 Å². The molecule has 14 heavy (non-hydrogen) atoms. The zero-order chi connectivity index (χ0) is 11.1. The first-order valence-corrected chi connectivity index (χ1v) is 5.01. The Labute approximate surface area is 85.6 Å². The van der Waals surface area contributed by atoms with Gasteiger partial charge in [-0.05, 0) is 11.8 Å². The molecule has 4 heteroatoms. The molecular weight excluding hydrogens is 182 g/mol. The van der Waals surface area contributed by atoms with Crippen molar-refractivity contribution in [2.45, 2.75) is 33.7 Å². The Balaban J connectivity index is 3.79. The van der Waals surface area contributed by atoms with Crippen molar-refractivity contribution in [3.8, 4) is 0 Å². The van der Waals surface area contributed by atoms with E-state index in [4.69, 9.17) is 9.84 Å². The lowest BCUT2D eigenvalue weighted by molar-refractivity contribution is 0.118. The molecule has 0 aliphatic carbocycles. The zero-order valence-electron chi connectivity index (χ0n) is 9.41. The van der Waals surface area contributed by atoms with Crippen molar-refractivity contribution in [1.82, 2.24) is 5.32 Å². The molecule has 0 aromatic carbocycles. The third-order valence-corrected chi connectivity index (χ3v) is 1.85. The van der Waals surface area contributed by atoms with Crippen LogP contribution < -0.4 is 5.32 Å². The van der Waals surface area contributed by atoms with E-state index in [0.29, 0.717) is 12.5 Å². The molecule has 0 aromatic heterocycles. The maximum atomic E-state index is 11.2. The van der Waals surface area contributed by atoms with E-state index in [9.17, 15) is 4.79 Å². The summed E-state index contributed by atoms with van der Waals surface area (Å²) in [6.45, 7) is 8.16. The summed E-state index contributed by atoms with van der Waals surface area (Å²) < 4.78 is 4.92. The highest BCUT2D eigenvalue weighted by molar-refractivity contribution is 5.67. The predicted molar refractivity (Wildman–Crippen MR) is 55.0 cm³/mol. The fraction of sp³-hybridized carbons (Fsp3) is 0.900. The van der Waals surface area contributed by atoms with Crippen molar-refractivity contribution < 1.29 is 14.6 Å². The van der Waals surface area contributed by atoms with Crippen LogP contribution in [0.1, 0.15) is 27.7 Å². The first kappa shape index (κ1) is 13.2. The molecule has 0 radical (unpaired) electrons. The summed E-state index contributed by atoms with van der Waals surface area (Å²) in [5.41, 5.74) is 0. The van der Waals surface area contributed by atoms with Gasteiger partial charge < -0.3 is 15.2 Å². The maximum Gasteiger partial charge on any atom is 0.407 e. The molecule has 0 fully saturated rings. The Morgan fingerprint density at radius 3 is 2.29 bits per heavy atom. The van der Waals surface area contributed by atoms with Crippen molar-refractivity contribution in [3.05, 3.63) is 0 Å². The van der Waals surface area contributed by atoms with Crippen LogP contribution in [-0.4, -0.2) is 30.5 Å². The molecule has 0 aliphatic heterocycles. The standard InChI is InChI=1S/C10H21NO3/c1-7(2)6-14-10(13)11-9(5-12)8(3)4/h7-9,12H,5-6H2,1-4H3,(H,11,13)/t9-/m0/s1. The van der Waals surface area contributed by atoms with Crippen LogP contribution in [0.4, 0.5) is 4.79 Å². The molecule has 2 N–H and O–H groups in total. The number of hydrogen-bond acceptors (Lipinski definition) is 3. The smallest absolute Gasteiger partial charge is 0.407 e. The van der Waals surface area contributed by atoms with Crippen LogP contribution in [0.15, 0.2) is 0 Å². The largest absolute Gasteiger partial charge is 0.449 e. The Bertz CT molecular complexity index is 169. The van der Waals surface area contributed by atoms with Crippen molar-refractivity contribution in [3.63, 3.8) is 0 Å². The Morgan fingerprint density at radius 2 is 1.93 bits per heavy atom. The van der Waals surface area contributed by atoms with Crippen LogP contribution >= 0.6 is 0 Å². The van der Waals surface area contributed by atoms with Gasteiger partial charge >= 0.3 is 6.09 Å². The van der Waals surface area contributed by atoms with E-state index < -0.39 is 6.09 Å². The monoisotopic (exact) mass is 203 g/mol. The lowest BCUT2D eigenvalue weighted by atomic mass is 10.1. The van der Waals surface area contributed by atoms with E-state index >= 15 is 0 Å². The summed E-state index contributed by atoms with van der Waals surface area (Å²) in [5, 5.41) is 11.6. The van der Waals surface area contributed by atoms with E-state index in [1.165, 1.54) is 0 Å². The predicted octanol–water partition coefficient (Wildman–Crippen LogP) is 1.39. The SMILES string of the molecule is CC(C)COC(=O)N[C@@H](CO)C(C)C. The number of hydrogen-bond donors (Lipinski definition) is 2. The van der Waals surface area contributed by atoms with E-state index in [1.807, 2.05) is 27.7 Å². The zero-order valence-corrected chi connectivity index (χ0v) is 9.41. The van der Waals surface area contributed by atoms with Gasteiger partial charge in [-0.1, -0.05) is 27.7 Å². The molecule has 0 saturated heterocycles. The van der Waals surface area contributed by atoms with E-state index in [0.717, 1.165) is 0 Å². The van der Waals surface area contributed by atoms with Crippen molar-refractivity contribution in [1.29, 1.82) is 0 Å². The summed E-state index contributed by atoms with van der Waals surface area (Å²) in [4.78, 5) is 11.2. The Morgan fingerprint density at radius 1 is 1.36 bits per heavy atom. The average molecular weight is 203 g/mol. The fourth-order valence-electron chi connectivity index (χ4n) is 0.859. The van der Waals surface area contributed by atoms with E-state index in [2.05, 4.69) is 5.32 Å². The van der Waals surface area contributed by atoms with Gasteiger partial charge in [0.25, 0.3) is 0 Å². The number of rotatable bonds is 5. The number of ether oxygens (including phenoxy) is 1. The highest BCUT2D eigenvalue weighted by Crippen LogP contribution is 2.01.